The van der Waals surface area contributed by atoms with Crippen molar-refractivity contribution >= 4 is 22.9 Å². The molecule has 10 heteroatoms. The van der Waals surface area contributed by atoms with Gasteiger partial charge in [-0.15, -0.1) is 0 Å². The lowest BCUT2D eigenvalue weighted by atomic mass is 9.91. The van der Waals surface area contributed by atoms with E-state index < -0.39 is 5.82 Å². The Hall–Kier alpha value is -3.53. The Morgan fingerprint density at radius 3 is 2.94 bits per heavy atom. The van der Waals surface area contributed by atoms with E-state index >= 15 is 0 Å². The van der Waals surface area contributed by atoms with E-state index in [-0.39, 0.29) is 25.1 Å². The van der Waals surface area contributed by atoms with Gasteiger partial charge in [-0.3, -0.25) is 4.79 Å². The Labute approximate surface area is 190 Å². The Bertz CT molecular complexity index is 1240. The summed E-state index contributed by atoms with van der Waals surface area (Å²) in [5, 5.41) is 13.9. The number of pyridine rings is 1. The normalized spacial score (nSPS) is 21.1. The van der Waals surface area contributed by atoms with E-state index in [0.717, 1.165) is 36.6 Å². The highest BCUT2D eigenvalue weighted by Crippen LogP contribution is 2.32. The van der Waals surface area contributed by atoms with Gasteiger partial charge < -0.3 is 20.7 Å². The fourth-order valence-electron chi connectivity index (χ4n) is 4.23. The molecule has 33 heavy (non-hydrogen) atoms. The molecule has 0 spiro atoms. The molecule has 4 heterocycles. The van der Waals surface area contributed by atoms with E-state index in [1.54, 1.807) is 4.52 Å². The average Bonchev–Trinajstić information content (AvgIpc) is 3.24. The number of anilines is 1. The van der Waals surface area contributed by atoms with Gasteiger partial charge in [-0.25, -0.2) is 18.9 Å². The average molecular weight is 452 g/mol. The minimum atomic E-state index is -0.445. The maximum absolute atomic E-state index is 14.0. The van der Waals surface area contributed by atoms with E-state index in [9.17, 15) is 9.18 Å². The minimum Gasteiger partial charge on any atom is -0.473 e. The standard InChI is InChI=1S/C23H26FN7O2/c1-13-8-27-22(32)18-11-29-31-12-19(14-3-5-17(25-2)6-4-14)20(30-21(18)31)26-9-15-7-16(24)10-28-23(15)33-13/h3,7,10-13,17,25H,4-6,8-9H2,1-2H3,(H,26,30)(H,27,32). The van der Waals surface area contributed by atoms with E-state index in [4.69, 9.17) is 9.72 Å². The smallest absolute Gasteiger partial charge is 0.256 e. The number of amides is 1. The highest BCUT2D eigenvalue weighted by atomic mass is 19.1. The molecule has 3 aromatic heterocycles. The maximum atomic E-state index is 14.0. The molecule has 1 aliphatic heterocycles. The van der Waals surface area contributed by atoms with Crippen molar-refractivity contribution in [3.8, 4) is 5.88 Å². The van der Waals surface area contributed by atoms with Gasteiger partial charge in [-0.2, -0.15) is 5.10 Å². The predicted molar refractivity (Wildman–Crippen MR) is 122 cm³/mol. The Morgan fingerprint density at radius 1 is 1.27 bits per heavy atom. The van der Waals surface area contributed by atoms with Crippen LogP contribution in [0.2, 0.25) is 0 Å². The Balaban J connectivity index is 1.60. The number of nitrogens with one attached hydrogen (secondary N) is 3. The van der Waals surface area contributed by atoms with E-state index in [1.165, 1.54) is 12.3 Å². The number of carbonyl (C=O) groups excluding carboxylic acids is 1. The summed E-state index contributed by atoms with van der Waals surface area (Å²) >= 11 is 0. The van der Waals surface area contributed by atoms with E-state index in [2.05, 4.69) is 32.1 Å². The first-order valence-corrected chi connectivity index (χ1v) is 11.1. The third-order valence-corrected chi connectivity index (χ3v) is 6.10. The number of hydrogen-bond donors (Lipinski definition) is 3. The number of hydrogen-bond acceptors (Lipinski definition) is 7. The van der Waals surface area contributed by atoms with Gasteiger partial charge >= 0.3 is 0 Å². The molecule has 2 unspecified atom stereocenters. The van der Waals surface area contributed by atoms with Crippen LogP contribution >= 0.6 is 0 Å². The van der Waals surface area contributed by atoms with Crippen LogP contribution in [0.25, 0.3) is 11.2 Å². The SMILES string of the molecule is CNC1CC=C(c2cn3ncc4c3nc2NCc2cc(F)cnc2OC(C)CNC4=O)CC1. The van der Waals surface area contributed by atoms with Gasteiger partial charge in [-0.05, 0) is 44.9 Å². The Morgan fingerprint density at radius 2 is 2.15 bits per heavy atom. The molecule has 172 valence electrons. The molecule has 2 bridgehead atoms. The molecule has 2 atom stereocenters. The summed E-state index contributed by atoms with van der Waals surface area (Å²) in [6.07, 6.45) is 9.21. The van der Waals surface area contributed by atoms with Gasteiger partial charge in [0.05, 0.1) is 18.9 Å². The van der Waals surface area contributed by atoms with Crippen molar-refractivity contribution in [3.05, 3.63) is 53.2 Å². The van der Waals surface area contributed by atoms with Crippen LogP contribution in [0.1, 0.15) is 47.7 Å². The summed E-state index contributed by atoms with van der Waals surface area (Å²) in [7, 11) is 1.97. The van der Waals surface area contributed by atoms with Crippen LogP contribution in [-0.2, 0) is 6.54 Å². The molecule has 0 saturated carbocycles. The molecular formula is C23H26FN7O2. The van der Waals surface area contributed by atoms with Gasteiger partial charge in [0, 0.05) is 29.9 Å². The monoisotopic (exact) mass is 451 g/mol. The second kappa shape index (κ2) is 8.78. The summed E-state index contributed by atoms with van der Waals surface area (Å²) in [6, 6.07) is 1.85. The number of allylic oxidation sites excluding steroid dienone is 1. The molecule has 3 aromatic rings. The fourth-order valence-corrected chi connectivity index (χ4v) is 4.23. The van der Waals surface area contributed by atoms with Gasteiger partial charge in [0.25, 0.3) is 5.91 Å². The van der Waals surface area contributed by atoms with Crippen LogP contribution in [0.3, 0.4) is 0 Å². The van der Waals surface area contributed by atoms with Crippen LogP contribution in [0.15, 0.2) is 30.7 Å². The first-order chi connectivity index (χ1) is 16.0. The predicted octanol–water partition coefficient (Wildman–Crippen LogP) is 2.54. The third kappa shape index (κ3) is 4.25. The lowest BCUT2D eigenvalue weighted by Crippen LogP contribution is -2.33. The van der Waals surface area contributed by atoms with Crippen LogP contribution in [0.5, 0.6) is 5.88 Å². The van der Waals surface area contributed by atoms with Crippen molar-refractivity contribution in [2.45, 2.75) is 44.9 Å². The van der Waals surface area contributed by atoms with Gasteiger partial charge in [0.15, 0.2) is 5.65 Å². The first kappa shape index (κ1) is 21.3. The third-order valence-electron chi connectivity index (χ3n) is 6.10. The number of rotatable bonds is 2. The zero-order valence-electron chi connectivity index (χ0n) is 18.6. The first-order valence-electron chi connectivity index (χ1n) is 11.1. The van der Waals surface area contributed by atoms with E-state index in [1.807, 2.05) is 20.2 Å². The van der Waals surface area contributed by atoms with Crippen molar-refractivity contribution in [3.63, 3.8) is 0 Å². The molecule has 9 nitrogen and oxygen atoms in total. The number of halogens is 1. The quantitative estimate of drug-likeness (QED) is 0.550. The van der Waals surface area contributed by atoms with Crippen molar-refractivity contribution in [2.75, 3.05) is 18.9 Å². The zero-order valence-corrected chi connectivity index (χ0v) is 18.6. The lowest BCUT2D eigenvalue weighted by molar-refractivity contribution is 0.0932. The molecule has 5 rings (SSSR count). The maximum Gasteiger partial charge on any atom is 0.256 e. The van der Waals surface area contributed by atoms with Crippen LogP contribution < -0.4 is 20.7 Å². The molecular weight excluding hydrogens is 425 g/mol. The number of nitrogens with zero attached hydrogens (tertiary/aromatic N) is 4. The van der Waals surface area contributed by atoms with Gasteiger partial charge in [-0.1, -0.05) is 6.08 Å². The summed E-state index contributed by atoms with van der Waals surface area (Å²) < 4.78 is 21.5. The summed E-state index contributed by atoms with van der Waals surface area (Å²) in [5.41, 5.74) is 3.47. The summed E-state index contributed by atoms with van der Waals surface area (Å²) in [4.78, 5) is 21.7. The second-order valence-electron chi connectivity index (χ2n) is 8.43. The van der Waals surface area contributed by atoms with Gasteiger partial charge in [0.2, 0.25) is 5.88 Å². The summed E-state index contributed by atoms with van der Waals surface area (Å²) in [6.45, 7) is 2.34. The van der Waals surface area contributed by atoms with Crippen molar-refractivity contribution in [1.29, 1.82) is 0 Å². The number of aromatic nitrogens is 4. The molecule has 0 aromatic carbocycles. The molecule has 1 amide bonds. The molecule has 0 saturated heterocycles. The van der Waals surface area contributed by atoms with Gasteiger partial charge in [0.1, 0.15) is 23.3 Å². The van der Waals surface area contributed by atoms with Crippen LogP contribution in [0.4, 0.5) is 10.2 Å². The highest BCUT2D eigenvalue weighted by molar-refractivity contribution is 6.00. The molecule has 0 radical (unpaired) electrons. The van der Waals surface area contributed by atoms with Crippen molar-refractivity contribution in [2.24, 2.45) is 0 Å². The minimum absolute atomic E-state index is 0.257. The fraction of sp³-hybridized carbons (Fsp3) is 0.391. The zero-order chi connectivity index (χ0) is 22.9. The van der Waals surface area contributed by atoms with Crippen molar-refractivity contribution in [1.82, 2.24) is 30.2 Å². The topological polar surface area (TPSA) is 105 Å². The van der Waals surface area contributed by atoms with Crippen molar-refractivity contribution < 1.29 is 13.9 Å². The largest absolute Gasteiger partial charge is 0.473 e. The molecule has 1 aliphatic carbocycles. The van der Waals surface area contributed by atoms with Crippen LogP contribution in [0, 0.1) is 5.82 Å². The highest BCUT2D eigenvalue weighted by Gasteiger charge is 2.22. The number of ether oxygens (including phenoxy) is 1. The number of carbonyl (C=O) groups is 1. The molecule has 2 aliphatic rings. The Kier molecular flexibility index (Phi) is 5.67. The second-order valence-corrected chi connectivity index (χ2v) is 8.43. The molecule has 0 fully saturated rings. The molecule has 3 N–H and O–H groups in total. The summed E-state index contributed by atoms with van der Waals surface area (Å²) in [5.74, 6) is 0.198. The number of fused-ring (bicyclic) bond motifs is 2. The van der Waals surface area contributed by atoms with E-state index in [0.29, 0.717) is 34.5 Å². The lowest BCUT2D eigenvalue weighted by Gasteiger charge is -2.23. The van der Waals surface area contributed by atoms with Crippen LogP contribution in [-0.4, -0.2) is 51.2 Å².